The molecule has 0 bridgehead atoms. The number of ether oxygens (including phenoxy) is 1. The minimum absolute atomic E-state index is 0.0572. The molecule has 1 aliphatic rings. The molecule has 2 nitrogen and oxygen atoms in total. The number of anilines is 2. The summed E-state index contributed by atoms with van der Waals surface area (Å²) < 4.78 is 22.0. The van der Waals surface area contributed by atoms with Crippen LogP contribution in [0.3, 0.4) is 0 Å². The molecule has 2 aromatic rings. The van der Waals surface area contributed by atoms with E-state index in [-0.39, 0.29) is 11.3 Å². The molecule has 3 rings (SSSR count). The zero-order valence-electron chi connectivity index (χ0n) is 11.3. The smallest absolute Gasteiger partial charge is 0.163 e. The minimum atomic E-state index is -0.278. The fourth-order valence-corrected chi connectivity index (χ4v) is 3.56. The Morgan fingerprint density at radius 1 is 1.14 bits per heavy atom. The van der Waals surface area contributed by atoms with Gasteiger partial charge in [-0.05, 0) is 37.1 Å². The molecule has 0 N–H and O–H groups in total. The Kier molecular flexibility index (Phi) is 4.56. The summed E-state index contributed by atoms with van der Waals surface area (Å²) in [5, 5.41) is 0. The van der Waals surface area contributed by atoms with Crippen molar-refractivity contribution in [2.24, 2.45) is 0 Å². The van der Waals surface area contributed by atoms with Crippen molar-refractivity contribution in [3.8, 4) is 5.75 Å². The lowest BCUT2D eigenvalue weighted by Crippen LogP contribution is -2.26. The first-order chi connectivity index (χ1) is 10.3. The monoisotopic (exact) mass is 323 g/mol. The maximum Gasteiger partial charge on any atom is 0.163 e. The topological polar surface area (TPSA) is 12.5 Å². The molecule has 0 radical (unpaired) electrons. The van der Waals surface area contributed by atoms with Gasteiger partial charge in [0.1, 0.15) is 11.4 Å². The van der Waals surface area contributed by atoms with Crippen molar-refractivity contribution in [3.05, 3.63) is 54.3 Å². The van der Waals surface area contributed by atoms with Crippen LogP contribution in [-0.2, 0) is 0 Å². The van der Waals surface area contributed by atoms with E-state index in [9.17, 15) is 4.39 Å². The third kappa shape index (κ3) is 3.11. The van der Waals surface area contributed by atoms with Crippen molar-refractivity contribution in [3.63, 3.8) is 0 Å². The standard InChI is InChI=1S/C16H15ClFNOS/c17-11-5-10-15-20-14-9-4-8-13(18)16(14)19(21-15)12-6-2-1-3-7-12/h1-4,6-9,15H,5,10-11H2. The van der Waals surface area contributed by atoms with Crippen molar-refractivity contribution < 1.29 is 9.13 Å². The molecule has 110 valence electrons. The van der Waals surface area contributed by atoms with E-state index in [1.807, 2.05) is 40.7 Å². The third-order valence-electron chi connectivity index (χ3n) is 3.20. The first-order valence-electron chi connectivity index (χ1n) is 6.82. The zero-order valence-corrected chi connectivity index (χ0v) is 12.9. The number of hydrogen-bond donors (Lipinski definition) is 0. The number of halogens is 2. The SMILES string of the molecule is Fc1cccc2c1N(c1ccccc1)SC(CCCCl)O2. The molecule has 0 aromatic heterocycles. The Bertz CT molecular complexity index is 610. The van der Waals surface area contributed by atoms with Gasteiger partial charge in [-0.25, -0.2) is 4.39 Å². The number of nitrogens with zero attached hydrogens (tertiary/aromatic N) is 1. The second-order valence-corrected chi connectivity index (χ2v) is 6.18. The lowest BCUT2D eigenvalue weighted by atomic mass is 10.2. The Labute approximate surface area is 133 Å². The van der Waals surface area contributed by atoms with Gasteiger partial charge in [0.2, 0.25) is 0 Å². The average molecular weight is 324 g/mol. The molecular weight excluding hydrogens is 309 g/mol. The molecule has 0 saturated carbocycles. The van der Waals surface area contributed by atoms with E-state index in [2.05, 4.69) is 0 Å². The summed E-state index contributed by atoms with van der Waals surface area (Å²) in [7, 11) is 0. The summed E-state index contributed by atoms with van der Waals surface area (Å²) in [6, 6.07) is 14.7. The molecule has 1 atom stereocenters. The van der Waals surface area contributed by atoms with E-state index < -0.39 is 0 Å². The maximum atomic E-state index is 14.2. The summed E-state index contributed by atoms with van der Waals surface area (Å²) in [5.74, 6) is 0.902. The zero-order chi connectivity index (χ0) is 14.7. The van der Waals surface area contributed by atoms with Gasteiger partial charge in [-0.2, -0.15) is 0 Å². The van der Waals surface area contributed by atoms with E-state index in [0.717, 1.165) is 18.5 Å². The Hall–Kier alpha value is -1.39. The van der Waals surface area contributed by atoms with Gasteiger partial charge in [-0.1, -0.05) is 24.3 Å². The third-order valence-corrected chi connectivity index (χ3v) is 4.64. The van der Waals surface area contributed by atoms with Crippen LogP contribution in [0.4, 0.5) is 15.8 Å². The fraction of sp³-hybridized carbons (Fsp3) is 0.250. The highest BCUT2D eigenvalue weighted by Gasteiger charge is 2.30. The van der Waals surface area contributed by atoms with E-state index >= 15 is 0 Å². The number of rotatable bonds is 4. The number of hydrogen-bond acceptors (Lipinski definition) is 3. The average Bonchev–Trinajstić information content (AvgIpc) is 2.53. The van der Waals surface area contributed by atoms with Crippen LogP contribution in [0.2, 0.25) is 0 Å². The molecule has 2 aromatic carbocycles. The normalized spacial score (nSPS) is 17.2. The largest absolute Gasteiger partial charge is 0.476 e. The van der Waals surface area contributed by atoms with Crippen LogP contribution in [-0.4, -0.2) is 11.3 Å². The van der Waals surface area contributed by atoms with Crippen LogP contribution in [0.15, 0.2) is 48.5 Å². The van der Waals surface area contributed by atoms with Gasteiger partial charge < -0.3 is 4.74 Å². The van der Waals surface area contributed by atoms with E-state index in [1.165, 1.54) is 18.0 Å². The molecule has 5 heteroatoms. The fourth-order valence-electron chi connectivity index (χ4n) is 2.23. The molecule has 0 aliphatic carbocycles. The Balaban J connectivity index is 1.98. The molecule has 1 aliphatic heterocycles. The summed E-state index contributed by atoms with van der Waals surface area (Å²) in [5.41, 5.74) is 1.36. The van der Waals surface area contributed by atoms with Crippen LogP contribution in [0.5, 0.6) is 5.75 Å². The molecule has 0 amide bonds. The van der Waals surface area contributed by atoms with Crippen LogP contribution < -0.4 is 9.04 Å². The van der Waals surface area contributed by atoms with Crippen molar-refractivity contribution >= 4 is 34.9 Å². The molecular formula is C16H15ClFNOS. The second kappa shape index (κ2) is 6.58. The summed E-state index contributed by atoms with van der Waals surface area (Å²) in [4.78, 5) is 0. The van der Waals surface area contributed by atoms with Crippen LogP contribution >= 0.6 is 23.5 Å². The molecule has 1 heterocycles. The summed E-state index contributed by atoms with van der Waals surface area (Å²) in [6.45, 7) is 0. The molecule has 0 fully saturated rings. The van der Waals surface area contributed by atoms with Gasteiger partial charge in [-0.15, -0.1) is 11.6 Å². The van der Waals surface area contributed by atoms with Crippen molar-refractivity contribution in [1.82, 2.24) is 0 Å². The number of fused-ring (bicyclic) bond motifs is 1. The first kappa shape index (κ1) is 14.5. The summed E-state index contributed by atoms with van der Waals surface area (Å²) in [6.07, 6.45) is 1.69. The van der Waals surface area contributed by atoms with Gasteiger partial charge in [0.15, 0.2) is 11.3 Å². The Morgan fingerprint density at radius 2 is 1.95 bits per heavy atom. The molecule has 21 heavy (non-hydrogen) atoms. The quantitative estimate of drug-likeness (QED) is 0.556. The lowest BCUT2D eigenvalue weighted by Gasteiger charge is -2.35. The number of benzene rings is 2. The van der Waals surface area contributed by atoms with E-state index in [0.29, 0.717) is 17.3 Å². The first-order valence-corrected chi connectivity index (χ1v) is 8.20. The number of para-hydroxylation sites is 2. The molecule has 0 saturated heterocycles. The van der Waals surface area contributed by atoms with Gasteiger partial charge in [-0.3, -0.25) is 4.31 Å². The highest BCUT2D eigenvalue weighted by atomic mass is 35.5. The number of alkyl halides is 1. The van der Waals surface area contributed by atoms with Crippen molar-refractivity contribution in [1.29, 1.82) is 0 Å². The van der Waals surface area contributed by atoms with Crippen LogP contribution in [0, 0.1) is 5.82 Å². The maximum absolute atomic E-state index is 14.2. The van der Waals surface area contributed by atoms with Crippen LogP contribution in [0.25, 0.3) is 0 Å². The minimum Gasteiger partial charge on any atom is -0.476 e. The molecule has 1 unspecified atom stereocenters. The second-order valence-electron chi connectivity index (χ2n) is 4.70. The van der Waals surface area contributed by atoms with Crippen molar-refractivity contribution in [2.75, 3.05) is 10.2 Å². The van der Waals surface area contributed by atoms with Gasteiger partial charge >= 0.3 is 0 Å². The van der Waals surface area contributed by atoms with Gasteiger partial charge in [0, 0.05) is 17.8 Å². The van der Waals surface area contributed by atoms with Crippen LogP contribution in [0.1, 0.15) is 12.8 Å². The van der Waals surface area contributed by atoms with E-state index in [4.69, 9.17) is 16.3 Å². The van der Waals surface area contributed by atoms with Crippen molar-refractivity contribution in [2.45, 2.75) is 18.3 Å². The Morgan fingerprint density at radius 3 is 2.71 bits per heavy atom. The predicted molar refractivity (Wildman–Crippen MR) is 86.9 cm³/mol. The van der Waals surface area contributed by atoms with Gasteiger partial charge in [0.05, 0.1) is 5.69 Å². The lowest BCUT2D eigenvalue weighted by molar-refractivity contribution is 0.272. The van der Waals surface area contributed by atoms with E-state index in [1.54, 1.807) is 6.07 Å². The van der Waals surface area contributed by atoms with Gasteiger partial charge in [0.25, 0.3) is 0 Å². The highest BCUT2D eigenvalue weighted by Crippen LogP contribution is 2.47. The molecule has 0 spiro atoms. The predicted octanol–water partition coefficient (Wildman–Crippen LogP) is 5.35. The highest BCUT2D eigenvalue weighted by molar-refractivity contribution is 8.01. The summed E-state index contributed by atoms with van der Waals surface area (Å²) >= 11 is 7.26.